The Kier molecular flexibility index (Phi) is 7.01. The van der Waals surface area contributed by atoms with E-state index in [9.17, 15) is 5.11 Å². The molecule has 5 saturated heterocycles. The highest BCUT2D eigenvalue weighted by Crippen LogP contribution is 2.43. The van der Waals surface area contributed by atoms with Crippen LogP contribution in [-0.4, -0.2) is 83.6 Å². The molecule has 224 valence electrons. The number of fused-ring (bicyclic) bond motifs is 7. The number of aromatic hydroxyl groups is 1. The number of phenols is 1. The Morgan fingerprint density at radius 3 is 2.63 bits per heavy atom. The highest BCUT2D eigenvalue weighted by Gasteiger charge is 2.35. The number of ether oxygens (including phenoxy) is 2. The monoisotopic (exact) mass is 603 g/mol. The summed E-state index contributed by atoms with van der Waals surface area (Å²) in [6.07, 6.45) is 5.73. The second-order valence-electron chi connectivity index (χ2n) is 12.4. The zero-order valence-electron chi connectivity index (χ0n) is 23.9. The fourth-order valence-electron chi connectivity index (χ4n) is 7.52. The van der Waals surface area contributed by atoms with Crippen LogP contribution in [0.1, 0.15) is 32.1 Å². The van der Waals surface area contributed by atoms with E-state index in [0.717, 1.165) is 69.2 Å². The molecule has 0 spiro atoms. The van der Waals surface area contributed by atoms with Crippen molar-refractivity contribution in [1.82, 2.24) is 20.2 Å². The zero-order chi connectivity index (χ0) is 29.1. The molecule has 6 heterocycles. The van der Waals surface area contributed by atoms with E-state index in [1.54, 1.807) is 18.2 Å². The average Bonchev–Trinajstić information content (AvgIpc) is 3.36. The quantitative estimate of drug-likeness (QED) is 0.267. The SMILES string of the molecule is Oc1cc(-c2c(Cl)cc3c(N4CC5CCC(C4)N5)nc(OCCCN4C[C@@H]5CC[C@H]4CO5)nc3c2F)c2ccccc2c1. The van der Waals surface area contributed by atoms with Gasteiger partial charge in [-0.2, -0.15) is 9.97 Å². The molecule has 0 amide bonds. The van der Waals surface area contributed by atoms with Crippen LogP contribution in [0.15, 0.2) is 42.5 Å². The fourth-order valence-corrected chi connectivity index (χ4v) is 7.82. The summed E-state index contributed by atoms with van der Waals surface area (Å²) < 4.78 is 28.7. The molecule has 43 heavy (non-hydrogen) atoms. The van der Waals surface area contributed by atoms with Crippen LogP contribution >= 0.6 is 11.6 Å². The van der Waals surface area contributed by atoms with Crippen molar-refractivity contribution in [2.75, 3.05) is 44.3 Å². The largest absolute Gasteiger partial charge is 0.508 e. The first-order chi connectivity index (χ1) is 21.0. The number of rotatable bonds is 7. The lowest BCUT2D eigenvalue weighted by Gasteiger charge is -2.45. The van der Waals surface area contributed by atoms with Crippen molar-refractivity contribution < 1.29 is 19.0 Å². The third-order valence-electron chi connectivity index (χ3n) is 9.60. The smallest absolute Gasteiger partial charge is 0.319 e. The maximum atomic E-state index is 16.7. The van der Waals surface area contributed by atoms with Gasteiger partial charge >= 0.3 is 6.01 Å². The van der Waals surface area contributed by atoms with Gasteiger partial charge in [0.15, 0.2) is 5.82 Å². The molecular formula is C33H35ClFN5O3. The van der Waals surface area contributed by atoms with Crippen molar-refractivity contribution in [2.24, 2.45) is 0 Å². The lowest BCUT2D eigenvalue weighted by molar-refractivity contribution is -0.106. The predicted octanol–water partition coefficient (Wildman–Crippen LogP) is 5.52. The average molecular weight is 604 g/mol. The molecule has 4 aromatic rings. The highest BCUT2D eigenvalue weighted by molar-refractivity contribution is 6.35. The molecule has 5 aliphatic heterocycles. The minimum absolute atomic E-state index is 0.0430. The van der Waals surface area contributed by atoms with Crippen LogP contribution in [0, 0.1) is 5.82 Å². The van der Waals surface area contributed by atoms with Gasteiger partial charge in [0.25, 0.3) is 0 Å². The molecule has 0 saturated carbocycles. The first kappa shape index (κ1) is 27.3. The molecule has 2 unspecified atom stereocenters. The summed E-state index contributed by atoms with van der Waals surface area (Å²) in [5, 5.41) is 16.6. The van der Waals surface area contributed by atoms with Crippen molar-refractivity contribution in [3.05, 3.63) is 53.3 Å². The summed E-state index contributed by atoms with van der Waals surface area (Å²) in [6, 6.07) is 14.0. The number of hydrogen-bond donors (Lipinski definition) is 2. The Hall–Kier alpha value is -3.24. The normalized spacial score (nSPS) is 25.2. The zero-order valence-corrected chi connectivity index (χ0v) is 24.7. The van der Waals surface area contributed by atoms with Crippen LogP contribution in [0.5, 0.6) is 11.8 Å². The van der Waals surface area contributed by atoms with Gasteiger partial charge in [0, 0.05) is 55.3 Å². The second kappa shape index (κ2) is 11.0. The number of nitrogens with one attached hydrogen (secondary N) is 1. The van der Waals surface area contributed by atoms with E-state index < -0.39 is 5.82 Å². The Morgan fingerprint density at radius 1 is 1.02 bits per heavy atom. The maximum Gasteiger partial charge on any atom is 0.319 e. The third kappa shape index (κ3) is 5.06. The topological polar surface area (TPSA) is 83.0 Å². The molecule has 3 aromatic carbocycles. The van der Waals surface area contributed by atoms with E-state index in [4.69, 9.17) is 26.1 Å². The number of benzene rings is 3. The van der Waals surface area contributed by atoms with Gasteiger partial charge in [-0.05, 0) is 66.6 Å². The fraction of sp³-hybridized carbons (Fsp3) is 0.455. The number of anilines is 1. The molecule has 0 aliphatic carbocycles. The standard InChI is InChI=1S/C33H35ClFN5O3/c34-28-14-27-31(30(35)29(28)26-13-23(41)12-19-4-1-2-5-25(19)26)37-33(38-32(27)40-15-20-6-7-21(16-40)36-20)42-11-3-10-39-17-24-9-8-22(39)18-43-24/h1-2,4-5,12-14,20-22,24,36,41H,3,6-11,15-18H2/t20?,21?,22-,24-/m0/s1. The Labute approximate surface area is 254 Å². The Balaban J connectivity index is 1.16. The van der Waals surface area contributed by atoms with E-state index >= 15 is 4.39 Å². The molecule has 10 heteroatoms. The van der Waals surface area contributed by atoms with Gasteiger partial charge in [-0.3, -0.25) is 4.90 Å². The molecule has 4 atom stereocenters. The number of aromatic nitrogens is 2. The molecular weight excluding hydrogens is 569 g/mol. The van der Waals surface area contributed by atoms with Crippen LogP contribution in [-0.2, 0) is 4.74 Å². The summed E-state index contributed by atoms with van der Waals surface area (Å²) in [4.78, 5) is 14.2. The van der Waals surface area contributed by atoms with Crippen LogP contribution in [0.3, 0.4) is 0 Å². The molecule has 4 bridgehead atoms. The van der Waals surface area contributed by atoms with Gasteiger partial charge in [-0.15, -0.1) is 0 Å². The van der Waals surface area contributed by atoms with Crippen molar-refractivity contribution in [2.45, 2.75) is 56.3 Å². The first-order valence-corrected chi connectivity index (χ1v) is 15.8. The Morgan fingerprint density at radius 2 is 1.86 bits per heavy atom. The van der Waals surface area contributed by atoms with Gasteiger partial charge in [0.05, 0.1) is 24.3 Å². The first-order valence-electron chi connectivity index (χ1n) is 15.4. The summed E-state index contributed by atoms with van der Waals surface area (Å²) in [5.74, 6) is 0.146. The van der Waals surface area contributed by atoms with Crippen LogP contribution in [0.2, 0.25) is 5.02 Å². The van der Waals surface area contributed by atoms with E-state index in [1.165, 1.54) is 6.42 Å². The lowest BCUT2D eigenvalue weighted by Crippen LogP contribution is -2.54. The lowest BCUT2D eigenvalue weighted by atomic mass is 9.96. The molecule has 8 nitrogen and oxygen atoms in total. The van der Waals surface area contributed by atoms with Gasteiger partial charge in [-0.25, -0.2) is 4.39 Å². The number of piperazine rings is 1. The molecule has 9 rings (SSSR count). The van der Waals surface area contributed by atoms with E-state index in [2.05, 4.69) is 20.1 Å². The van der Waals surface area contributed by atoms with Gasteiger partial charge in [0.2, 0.25) is 0 Å². The number of halogens is 2. The molecule has 2 N–H and O–H groups in total. The Bertz CT molecular complexity index is 1690. The number of hydrogen-bond acceptors (Lipinski definition) is 8. The van der Waals surface area contributed by atoms with Gasteiger partial charge < -0.3 is 24.8 Å². The van der Waals surface area contributed by atoms with E-state index in [1.807, 2.05) is 24.3 Å². The van der Waals surface area contributed by atoms with Gasteiger partial charge in [-0.1, -0.05) is 35.9 Å². The second-order valence-corrected chi connectivity index (χ2v) is 12.8. The number of nitrogens with zero attached hydrogens (tertiary/aromatic N) is 4. The molecule has 1 aromatic heterocycles. The van der Waals surface area contributed by atoms with E-state index in [-0.39, 0.29) is 27.9 Å². The predicted molar refractivity (Wildman–Crippen MR) is 166 cm³/mol. The van der Waals surface area contributed by atoms with Crippen LogP contribution in [0.4, 0.5) is 10.2 Å². The maximum absolute atomic E-state index is 16.7. The van der Waals surface area contributed by atoms with Crippen molar-refractivity contribution in [3.8, 4) is 22.9 Å². The number of piperidine rings is 1. The summed E-state index contributed by atoms with van der Waals surface area (Å²) >= 11 is 6.87. The minimum atomic E-state index is -0.547. The minimum Gasteiger partial charge on any atom is -0.508 e. The van der Waals surface area contributed by atoms with Crippen molar-refractivity contribution in [1.29, 1.82) is 0 Å². The number of phenolic OH excluding ortho intramolecular Hbond substituents is 1. The molecule has 5 fully saturated rings. The number of morpholine rings is 1. The summed E-state index contributed by atoms with van der Waals surface area (Å²) in [7, 11) is 0. The van der Waals surface area contributed by atoms with Crippen molar-refractivity contribution >= 4 is 39.1 Å². The molecule has 5 aliphatic rings. The highest BCUT2D eigenvalue weighted by atomic mass is 35.5. The van der Waals surface area contributed by atoms with Crippen LogP contribution < -0.4 is 15.0 Å². The molecule has 0 radical (unpaired) electrons. The van der Waals surface area contributed by atoms with Crippen molar-refractivity contribution in [3.63, 3.8) is 0 Å². The summed E-state index contributed by atoms with van der Waals surface area (Å²) in [5.41, 5.74) is 0.894. The van der Waals surface area contributed by atoms with Gasteiger partial charge in [0.1, 0.15) is 17.1 Å². The summed E-state index contributed by atoms with van der Waals surface area (Å²) in [6.45, 7) is 4.70. The van der Waals surface area contributed by atoms with E-state index in [0.29, 0.717) is 47.6 Å². The third-order valence-corrected chi connectivity index (χ3v) is 9.89. The van der Waals surface area contributed by atoms with Crippen LogP contribution in [0.25, 0.3) is 32.8 Å².